The summed E-state index contributed by atoms with van der Waals surface area (Å²) < 4.78 is 49.4. The Bertz CT molecular complexity index is 1810. The Hall–Kier alpha value is -4.54. The zero-order chi connectivity index (χ0) is 33.5. The van der Waals surface area contributed by atoms with Crippen molar-refractivity contribution in [2.75, 3.05) is 20.6 Å². The van der Waals surface area contributed by atoms with E-state index in [2.05, 4.69) is 16.2 Å². The van der Waals surface area contributed by atoms with E-state index in [1.165, 1.54) is 10.8 Å². The summed E-state index contributed by atoms with van der Waals surface area (Å²) in [6, 6.07) is 7.19. The molecule has 0 spiro atoms. The number of rotatable bonds is 10. The minimum atomic E-state index is -4.65. The highest BCUT2D eigenvalue weighted by Crippen LogP contribution is 2.40. The fraction of sp³-hybridized carbons (Fsp3) is 0.412. The lowest BCUT2D eigenvalue weighted by atomic mass is 9.90. The van der Waals surface area contributed by atoms with Crippen LogP contribution in [0.2, 0.25) is 0 Å². The van der Waals surface area contributed by atoms with Gasteiger partial charge in [-0.1, -0.05) is 32.0 Å². The van der Waals surface area contributed by atoms with Gasteiger partial charge in [0.2, 0.25) is 11.9 Å². The Labute approximate surface area is 264 Å². The van der Waals surface area contributed by atoms with Crippen LogP contribution in [0.15, 0.2) is 64.1 Å². The van der Waals surface area contributed by atoms with E-state index >= 15 is 0 Å². The van der Waals surface area contributed by atoms with E-state index in [9.17, 15) is 27.9 Å². The fourth-order valence-corrected chi connectivity index (χ4v) is 6.17. The molecule has 2 aliphatic heterocycles. The van der Waals surface area contributed by atoms with Gasteiger partial charge in [0.1, 0.15) is 17.5 Å². The summed E-state index contributed by atoms with van der Waals surface area (Å²) >= 11 is 0. The molecule has 0 saturated carbocycles. The Morgan fingerprint density at radius 3 is 2.48 bits per heavy atom. The zero-order valence-electron chi connectivity index (χ0n) is 26.6. The van der Waals surface area contributed by atoms with Gasteiger partial charge in [0.25, 0.3) is 0 Å². The monoisotopic (exact) mass is 636 g/mol. The number of alkyl halides is 3. The van der Waals surface area contributed by atoms with E-state index in [0.717, 1.165) is 22.8 Å². The van der Waals surface area contributed by atoms with E-state index < -0.39 is 42.1 Å². The first kappa shape index (κ1) is 32.8. The maximum atomic E-state index is 14.4. The van der Waals surface area contributed by atoms with Gasteiger partial charge in [-0.25, -0.2) is 9.42 Å². The van der Waals surface area contributed by atoms with Crippen molar-refractivity contribution in [2.45, 2.75) is 65.2 Å². The van der Waals surface area contributed by atoms with Crippen molar-refractivity contribution in [3.63, 3.8) is 0 Å². The molecule has 0 saturated heterocycles. The lowest BCUT2D eigenvalue weighted by molar-refractivity contribution is -0.493. The van der Waals surface area contributed by atoms with Crippen LogP contribution in [0.5, 0.6) is 0 Å². The highest BCUT2D eigenvalue weighted by Gasteiger charge is 2.47. The number of hydrogen-bond acceptors (Lipinski definition) is 7. The lowest BCUT2D eigenvalue weighted by Gasteiger charge is -2.35. The van der Waals surface area contributed by atoms with Gasteiger partial charge < -0.3 is 14.9 Å². The molecule has 0 aliphatic carbocycles. The van der Waals surface area contributed by atoms with Crippen LogP contribution in [-0.4, -0.2) is 80.4 Å². The van der Waals surface area contributed by atoms with Crippen molar-refractivity contribution in [1.82, 2.24) is 20.1 Å². The summed E-state index contributed by atoms with van der Waals surface area (Å²) in [5.41, 5.74) is 3.92. The minimum Gasteiger partial charge on any atom is -0.481 e. The summed E-state index contributed by atoms with van der Waals surface area (Å²) in [6.07, 6.45) is -2.29. The van der Waals surface area contributed by atoms with E-state index in [1.807, 2.05) is 45.9 Å². The Kier molecular flexibility index (Phi) is 9.06. The number of hydrogen-bond donors (Lipinski definition) is 1. The number of carbonyl (C=O) groups is 2. The number of nitrogens with zero attached hydrogens (tertiary/aromatic N) is 5. The van der Waals surface area contributed by atoms with Crippen molar-refractivity contribution >= 4 is 28.8 Å². The van der Waals surface area contributed by atoms with Crippen molar-refractivity contribution < 1.29 is 37.1 Å². The topological polar surface area (TPSA) is 103 Å². The second kappa shape index (κ2) is 12.7. The van der Waals surface area contributed by atoms with E-state index in [4.69, 9.17) is 4.63 Å². The molecule has 1 amide bonds. The second-order valence-electron chi connectivity index (χ2n) is 12.6. The predicted octanol–water partition coefficient (Wildman–Crippen LogP) is 6.18. The summed E-state index contributed by atoms with van der Waals surface area (Å²) in [7, 11) is 3.56. The van der Waals surface area contributed by atoms with E-state index in [1.54, 1.807) is 36.0 Å². The third kappa shape index (κ3) is 6.54. The van der Waals surface area contributed by atoms with Crippen LogP contribution in [0.4, 0.5) is 13.2 Å². The number of aryl methyl sites for hydroxylation is 2. The maximum Gasteiger partial charge on any atom is 0.419 e. The quantitative estimate of drug-likeness (QED) is 0.263. The van der Waals surface area contributed by atoms with Crippen molar-refractivity contribution in [3.05, 3.63) is 76.1 Å². The third-order valence-corrected chi connectivity index (χ3v) is 8.32. The number of aliphatic carboxylic acids is 1. The molecule has 1 unspecified atom stereocenters. The first-order valence-corrected chi connectivity index (χ1v) is 15.1. The van der Waals surface area contributed by atoms with Crippen LogP contribution in [-0.2, 0) is 9.59 Å². The number of carboxylic acids is 1. The highest BCUT2D eigenvalue weighted by atomic mass is 19.4. The summed E-state index contributed by atoms with van der Waals surface area (Å²) in [5, 5.41) is 18.2. The first-order valence-electron chi connectivity index (χ1n) is 15.1. The number of fused-ring (bicyclic) bond motifs is 2. The molecule has 2 aliphatic rings. The summed E-state index contributed by atoms with van der Waals surface area (Å²) in [6.45, 7) is 8.11. The predicted molar refractivity (Wildman–Crippen MR) is 166 cm³/mol. The molecule has 1 aromatic heterocycles. The number of carboxylic acid groups (broad SMARTS) is 1. The first-order chi connectivity index (χ1) is 21.6. The molecule has 2 aromatic carbocycles. The Balaban J connectivity index is 1.76. The third-order valence-electron chi connectivity index (χ3n) is 8.32. The van der Waals surface area contributed by atoms with Gasteiger partial charge in [-0.15, -0.1) is 4.58 Å². The smallest absolute Gasteiger partial charge is 0.419 e. The van der Waals surface area contributed by atoms with Gasteiger partial charge in [0, 0.05) is 23.9 Å². The molecule has 3 heterocycles. The van der Waals surface area contributed by atoms with Gasteiger partial charge in [0.05, 0.1) is 5.57 Å². The number of aromatic nitrogens is 2. The normalized spacial score (nSPS) is 17.6. The average Bonchev–Trinajstić information content (AvgIpc) is 3.44. The maximum absolute atomic E-state index is 14.4. The molecule has 0 radical (unpaired) electrons. The molecular formula is C34H37F3N5O4+. The molecule has 46 heavy (non-hydrogen) atoms. The van der Waals surface area contributed by atoms with Crippen molar-refractivity contribution in [2.24, 2.45) is 5.92 Å². The van der Waals surface area contributed by atoms with Crippen molar-refractivity contribution in [1.29, 1.82) is 0 Å². The molecule has 12 heteroatoms. The largest absolute Gasteiger partial charge is 0.481 e. The molecule has 0 bridgehead atoms. The van der Waals surface area contributed by atoms with Crippen LogP contribution in [0.3, 0.4) is 0 Å². The molecule has 1 N–H and O–H groups in total. The SMILES string of the molecule is Cc1cccc(C)c1-c1cc([C@@H](CC(=O)O)[N+]2=C=C3C=C(C(F)(F)F)C(CCN(C)C)=CN3C(CC(C)C)C2=O)cc2nonc12. The fourth-order valence-electron chi connectivity index (χ4n) is 6.17. The summed E-state index contributed by atoms with van der Waals surface area (Å²) in [4.78, 5) is 30.0. The highest BCUT2D eigenvalue weighted by molar-refractivity contribution is 5.94. The summed E-state index contributed by atoms with van der Waals surface area (Å²) in [5.74, 6) is 1.25. The van der Waals surface area contributed by atoms with Gasteiger partial charge in [0.15, 0.2) is 11.7 Å². The van der Waals surface area contributed by atoms with E-state index in [0.29, 0.717) is 35.1 Å². The zero-order valence-corrected chi connectivity index (χ0v) is 26.6. The van der Waals surface area contributed by atoms with Crippen LogP contribution < -0.4 is 0 Å². The van der Waals surface area contributed by atoms with Gasteiger partial charge in [-0.3, -0.25) is 4.79 Å². The second-order valence-corrected chi connectivity index (χ2v) is 12.6. The van der Waals surface area contributed by atoms with E-state index in [-0.39, 0.29) is 23.6 Å². The molecule has 5 rings (SSSR count). The van der Waals surface area contributed by atoms with Gasteiger partial charge in [-0.2, -0.15) is 13.2 Å². The number of carbonyl (C=O) groups excluding carboxylic acids is 1. The minimum absolute atomic E-state index is 0.00730. The molecule has 242 valence electrons. The van der Waals surface area contributed by atoms with Gasteiger partial charge in [-0.05, 0) is 97.5 Å². The molecule has 0 fully saturated rings. The molecule has 9 nitrogen and oxygen atoms in total. The number of amides is 1. The molecule has 2 atom stereocenters. The van der Waals surface area contributed by atoms with Crippen LogP contribution >= 0.6 is 0 Å². The van der Waals surface area contributed by atoms with Crippen LogP contribution in [0.1, 0.15) is 55.8 Å². The van der Waals surface area contributed by atoms with Crippen LogP contribution in [0.25, 0.3) is 22.2 Å². The van der Waals surface area contributed by atoms with Crippen LogP contribution in [0, 0.1) is 19.8 Å². The Morgan fingerprint density at radius 2 is 1.87 bits per heavy atom. The van der Waals surface area contributed by atoms with Gasteiger partial charge >= 0.3 is 18.1 Å². The van der Waals surface area contributed by atoms with Crippen molar-refractivity contribution in [3.8, 4) is 11.1 Å². The Morgan fingerprint density at radius 1 is 1.17 bits per heavy atom. The molecule has 3 aromatic rings. The number of halogens is 3. The standard InChI is InChI=1S/C34H36F3N5O4/c1-19(2)12-29-33(45)42(18-24-15-26(34(35,36)37)22(17-41(24)29)10-11-40(5)6)28(16-30(43)44)23-13-25(32-27(14-23)38-46-39-32)31-20(3)8-7-9-21(31)4/h7-9,13-15,17,19,28-29H,10-12,16H2,1-6H3/p+1/t28-,29?/m1/s1. The average molecular weight is 637 g/mol. The number of allylic oxidation sites excluding steroid dienone is 2. The molecular weight excluding hydrogens is 599 g/mol. The lowest BCUT2D eigenvalue weighted by Crippen LogP contribution is -2.49. The number of benzene rings is 2.